The van der Waals surface area contributed by atoms with Crippen molar-refractivity contribution in [3.05, 3.63) is 12.2 Å². The highest BCUT2D eigenvalue weighted by Gasteiger charge is 2.17. The van der Waals surface area contributed by atoms with Gasteiger partial charge in [0.15, 0.2) is 0 Å². The summed E-state index contributed by atoms with van der Waals surface area (Å²) < 4.78 is 6.29. The minimum Gasteiger partial charge on any atom is -0.468 e. The molecule has 1 unspecified atom stereocenters. The van der Waals surface area contributed by atoms with Crippen LogP contribution in [0.25, 0.3) is 0 Å². The molecule has 1 rings (SSSR count). The van der Waals surface area contributed by atoms with E-state index in [0.29, 0.717) is 6.42 Å². The van der Waals surface area contributed by atoms with Crippen molar-refractivity contribution in [1.29, 1.82) is 0 Å². The third-order valence-corrected chi connectivity index (χ3v) is 2.04. The number of hydrogen-bond acceptors (Lipinski definition) is 5. The minimum absolute atomic E-state index is 0.354. The molecule has 0 saturated heterocycles. The van der Waals surface area contributed by atoms with Gasteiger partial charge in [0.05, 0.1) is 7.11 Å². The molecule has 0 bridgehead atoms. The van der Waals surface area contributed by atoms with Crippen molar-refractivity contribution in [2.75, 3.05) is 7.11 Å². The molecular weight excluding hydrogens is 196 g/mol. The Morgan fingerprint density at radius 2 is 2.47 bits per heavy atom. The van der Waals surface area contributed by atoms with Gasteiger partial charge in [0.2, 0.25) is 0 Å². The standard InChI is InChI=1S/C9H16N4O2/c1-3-4-13-8(11-6-12-13)5-7(10)9(14)15-2/h6-7H,3-5,10H2,1-2H3. The monoisotopic (exact) mass is 212 g/mol. The van der Waals surface area contributed by atoms with Crippen molar-refractivity contribution < 1.29 is 9.53 Å². The molecule has 6 heteroatoms. The first-order chi connectivity index (χ1) is 7.19. The number of rotatable bonds is 5. The summed E-state index contributed by atoms with van der Waals surface area (Å²) in [7, 11) is 1.32. The summed E-state index contributed by atoms with van der Waals surface area (Å²) >= 11 is 0. The number of esters is 1. The Kier molecular flexibility index (Phi) is 4.23. The normalized spacial score (nSPS) is 12.5. The average Bonchev–Trinajstić information content (AvgIpc) is 2.65. The Balaban J connectivity index is 2.63. The van der Waals surface area contributed by atoms with Crippen molar-refractivity contribution in [3.63, 3.8) is 0 Å². The Labute approximate surface area is 88.4 Å². The first kappa shape index (κ1) is 11.6. The van der Waals surface area contributed by atoms with E-state index >= 15 is 0 Å². The van der Waals surface area contributed by atoms with Crippen LogP contribution in [0.3, 0.4) is 0 Å². The van der Waals surface area contributed by atoms with Crippen molar-refractivity contribution in [2.45, 2.75) is 32.4 Å². The maximum Gasteiger partial charge on any atom is 0.323 e. The van der Waals surface area contributed by atoms with Gasteiger partial charge in [0.1, 0.15) is 18.2 Å². The lowest BCUT2D eigenvalue weighted by Gasteiger charge is -2.09. The summed E-state index contributed by atoms with van der Waals surface area (Å²) in [5.74, 6) is 0.288. The fourth-order valence-electron chi connectivity index (χ4n) is 1.28. The molecule has 1 atom stereocenters. The minimum atomic E-state index is -0.671. The second-order valence-electron chi connectivity index (χ2n) is 3.23. The van der Waals surface area contributed by atoms with E-state index in [2.05, 4.69) is 14.8 Å². The van der Waals surface area contributed by atoms with Gasteiger partial charge in [-0.05, 0) is 6.42 Å². The summed E-state index contributed by atoms with van der Waals surface area (Å²) in [6, 6.07) is -0.671. The van der Waals surface area contributed by atoms with E-state index in [9.17, 15) is 4.79 Å². The fraction of sp³-hybridized carbons (Fsp3) is 0.667. The number of carbonyl (C=O) groups excluding carboxylic acids is 1. The van der Waals surface area contributed by atoms with Gasteiger partial charge in [-0.3, -0.25) is 9.48 Å². The van der Waals surface area contributed by atoms with E-state index in [0.717, 1.165) is 18.8 Å². The van der Waals surface area contributed by atoms with Gasteiger partial charge in [0, 0.05) is 13.0 Å². The summed E-state index contributed by atoms with van der Waals surface area (Å²) in [6.45, 7) is 2.83. The zero-order valence-corrected chi connectivity index (χ0v) is 9.01. The smallest absolute Gasteiger partial charge is 0.323 e. The van der Waals surface area contributed by atoms with Gasteiger partial charge in [-0.15, -0.1) is 0 Å². The summed E-state index contributed by atoms with van der Waals surface area (Å²) in [4.78, 5) is 15.2. The number of carbonyl (C=O) groups is 1. The number of aryl methyl sites for hydroxylation is 1. The number of nitrogens with zero attached hydrogens (tertiary/aromatic N) is 3. The lowest BCUT2D eigenvalue weighted by atomic mass is 10.2. The molecule has 6 nitrogen and oxygen atoms in total. The summed E-state index contributed by atoms with van der Waals surface area (Å²) in [6.07, 6.45) is 2.78. The lowest BCUT2D eigenvalue weighted by molar-refractivity contribution is -0.142. The van der Waals surface area contributed by atoms with Crippen LogP contribution in [0.1, 0.15) is 19.2 Å². The SMILES string of the molecule is CCCn1ncnc1CC(N)C(=O)OC. The topological polar surface area (TPSA) is 83.0 Å². The van der Waals surface area contributed by atoms with Gasteiger partial charge in [-0.1, -0.05) is 6.92 Å². The van der Waals surface area contributed by atoms with Crippen LogP contribution in [0.4, 0.5) is 0 Å². The van der Waals surface area contributed by atoms with Crippen LogP contribution >= 0.6 is 0 Å². The molecule has 0 radical (unpaired) electrons. The van der Waals surface area contributed by atoms with E-state index in [1.807, 2.05) is 6.92 Å². The highest BCUT2D eigenvalue weighted by Crippen LogP contribution is 2.00. The Hall–Kier alpha value is -1.43. The Morgan fingerprint density at radius 3 is 3.07 bits per heavy atom. The zero-order chi connectivity index (χ0) is 11.3. The molecule has 0 saturated carbocycles. The van der Waals surface area contributed by atoms with Crippen molar-refractivity contribution in [2.24, 2.45) is 5.73 Å². The number of nitrogens with two attached hydrogens (primary N) is 1. The first-order valence-corrected chi connectivity index (χ1v) is 4.89. The molecule has 0 fully saturated rings. The maximum atomic E-state index is 11.1. The summed E-state index contributed by atoms with van der Waals surface area (Å²) in [5, 5.41) is 4.04. The second-order valence-corrected chi connectivity index (χ2v) is 3.23. The van der Waals surface area contributed by atoms with Crippen LogP contribution in [0.5, 0.6) is 0 Å². The van der Waals surface area contributed by atoms with Crippen LogP contribution in [0.15, 0.2) is 6.33 Å². The van der Waals surface area contributed by atoms with Gasteiger partial charge in [-0.2, -0.15) is 5.10 Å². The van der Waals surface area contributed by atoms with Crippen LogP contribution in [-0.4, -0.2) is 33.9 Å². The number of ether oxygens (including phenoxy) is 1. The van der Waals surface area contributed by atoms with Crippen LogP contribution in [-0.2, 0) is 22.5 Å². The third kappa shape index (κ3) is 3.02. The van der Waals surface area contributed by atoms with E-state index < -0.39 is 12.0 Å². The van der Waals surface area contributed by atoms with E-state index in [1.54, 1.807) is 4.68 Å². The van der Waals surface area contributed by atoms with Crippen LogP contribution < -0.4 is 5.73 Å². The predicted molar refractivity (Wildman–Crippen MR) is 54.0 cm³/mol. The van der Waals surface area contributed by atoms with Gasteiger partial charge in [-0.25, -0.2) is 4.98 Å². The number of methoxy groups -OCH3 is 1. The fourth-order valence-corrected chi connectivity index (χ4v) is 1.28. The Morgan fingerprint density at radius 1 is 1.73 bits per heavy atom. The molecule has 2 N–H and O–H groups in total. The molecule has 0 aliphatic rings. The molecule has 1 heterocycles. The molecule has 0 aliphatic carbocycles. The third-order valence-electron chi connectivity index (χ3n) is 2.04. The molecule has 0 aromatic carbocycles. The highest BCUT2D eigenvalue weighted by molar-refractivity contribution is 5.75. The number of aromatic nitrogens is 3. The predicted octanol–water partition coefficient (Wildman–Crippen LogP) is -0.269. The van der Waals surface area contributed by atoms with Gasteiger partial charge >= 0.3 is 5.97 Å². The number of hydrogen-bond donors (Lipinski definition) is 1. The van der Waals surface area contributed by atoms with Crippen molar-refractivity contribution in [3.8, 4) is 0 Å². The first-order valence-electron chi connectivity index (χ1n) is 4.89. The molecule has 84 valence electrons. The molecule has 0 aliphatic heterocycles. The maximum absolute atomic E-state index is 11.1. The van der Waals surface area contributed by atoms with E-state index in [-0.39, 0.29) is 0 Å². The van der Waals surface area contributed by atoms with E-state index in [4.69, 9.17) is 5.73 Å². The Bertz CT molecular complexity index is 324. The van der Waals surface area contributed by atoms with Crippen LogP contribution in [0, 0.1) is 0 Å². The van der Waals surface area contributed by atoms with Crippen LogP contribution in [0.2, 0.25) is 0 Å². The lowest BCUT2D eigenvalue weighted by Crippen LogP contribution is -2.34. The zero-order valence-electron chi connectivity index (χ0n) is 9.01. The highest BCUT2D eigenvalue weighted by atomic mass is 16.5. The molecule has 15 heavy (non-hydrogen) atoms. The quantitative estimate of drug-likeness (QED) is 0.679. The van der Waals surface area contributed by atoms with Crippen molar-refractivity contribution >= 4 is 5.97 Å². The van der Waals surface area contributed by atoms with E-state index in [1.165, 1.54) is 13.4 Å². The van der Waals surface area contributed by atoms with Crippen molar-refractivity contribution in [1.82, 2.24) is 14.8 Å². The molecule has 0 amide bonds. The second kappa shape index (κ2) is 5.45. The molecule has 0 spiro atoms. The molecular formula is C9H16N4O2. The van der Waals surface area contributed by atoms with Gasteiger partial charge in [0.25, 0.3) is 0 Å². The van der Waals surface area contributed by atoms with Gasteiger partial charge < -0.3 is 10.5 Å². The molecule has 1 aromatic heterocycles. The summed E-state index contributed by atoms with van der Waals surface area (Å²) in [5.41, 5.74) is 5.63. The average molecular weight is 212 g/mol. The molecule has 1 aromatic rings. The largest absolute Gasteiger partial charge is 0.468 e.